The minimum Gasteiger partial charge on any atom is -0.479 e. The van der Waals surface area contributed by atoms with Crippen LogP contribution in [0.2, 0.25) is 0 Å². The number of esters is 1. The smallest absolute Gasteiger partial charge is 0.347 e. The Morgan fingerprint density at radius 3 is 2.15 bits per heavy atom. The summed E-state index contributed by atoms with van der Waals surface area (Å²) in [6.45, 7) is 1.41. The van der Waals surface area contributed by atoms with E-state index < -0.39 is 12.1 Å². The molecule has 1 atom stereocenters. The number of ether oxygens (including phenoxy) is 2. The summed E-state index contributed by atoms with van der Waals surface area (Å²) in [6.07, 6.45) is 5.88. The van der Waals surface area contributed by atoms with E-state index in [0.717, 1.165) is 19.3 Å². The molecular formula is C21H25FO4. The van der Waals surface area contributed by atoms with Gasteiger partial charge in [0.05, 0.1) is 0 Å². The minimum atomic E-state index is -0.843. The Kier molecular flexibility index (Phi) is 4.49. The third kappa shape index (κ3) is 3.36. The SMILES string of the molecule is C[C@H](Oc1ccc(F)cc1)C(=O)OCC(=O)C12CC3CC(CC(C3)C1)C2. The second-order valence-electron chi connectivity index (χ2n) is 8.44. The van der Waals surface area contributed by atoms with Crippen molar-refractivity contribution in [2.24, 2.45) is 23.2 Å². The molecule has 0 unspecified atom stereocenters. The summed E-state index contributed by atoms with van der Waals surface area (Å²) >= 11 is 0. The Hall–Kier alpha value is -1.91. The second-order valence-corrected chi connectivity index (χ2v) is 8.44. The highest BCUT2D eigenvalue weighted by molar-refractivity contribution is 5.88. The Morgan fingerprint density at radius 1 is 1.08 bits per heavy atom. The topological polar surface area (TPSA) is 52.6 Å². The summed E-state index contributed by atoms with van der Waals surface area (Å²) in [5.41, 5.74) is -0.254. The quantitative estimate of drug-likeness (QED) is 0.722. The van der Waals surface area contributed by atoms with Crippen LogP contribution < -0.4 is 4.74 Å². The normalized spacial score (nSPS) is 32.9. The first-order valence-corrected chi connectivity index (χ1v) is 9.56. The summed E-state index contributed by atoms with van der Waals surface area (Å²) in [7, 11) is 0. The first-order valence-electron chi connectivity index (χ1n) is 9.56. The highest BCUT2D eigenvalue weighted by Gasteiger charge is 2.54. The third-order valence-electron chi connectivity index (χ3n) is 6.43. The molecule has 0 aliphatic heterocycles. The molecule has 5 heteroatoms. The fourth-order valence-electron chi connectivity index (χ4n) is 5.62. The highest BCUT2D eigenvalue weighted by Crippen LogP contribution is 2.60. The van der Waals surface area contributed by atoms with Gasteiger partial charge in [-0.05, 0) is 87.5 Å². The Morgan fingerprint density at radius 2 is 1.62 bits per heavy atom. The lowest BCUT2D eigenvalue weighted by atomic mass is 9.48. The molecule has 0 heterocycles. The van der Waals surface area contributed by atoms with Crippen molar-refractivity contribution >= 4 is 11.8 Å². The van der Waals surface area contributed by atoms with Crippen LogP contribution >= 0.6 is 0 Å². The Labute approximate surface area is 153 Å². The highest BCUT2D eigenvalue weighted by atomic mass is 19.1. The number of hydrogen-bond donors (Lipinski definition) is 0. The van der Waals surface area contributed by atoms with Crippen LogP contribution in [0.25, 0.3) is 0 Å². The van der Waals surface area contributed by atoms with Gasteiger partial charge in [0, 0.05) is 5.41 Å². The van der Waals surface area contributed by atoms with Crippen LogP contribution in [0.4, 0.5) is 4.39 Å². The second kappa shape index (κ2) is 6.67. The monoisotopic (exact) mass is 360 g/mol. The molecule has 0 saturated heterocycles. The van der Waals surface area contributed by atoms with Crippen molar-refractivity contribution in [3.05, 3.63) is 30.1 Å². The van der Waals surface area contributed by atoms with Crippen molar-refractivity contribution in [1.29, 1.82) is 0 Å². The molecule has 4 aliphatic carbocycles. The molecule has 4 nitrogen and oxygen atoms in total. The molecule has 0 amide bonds. The summed E-state index contributed by atoms with van der Waals surface area (Å²) in [4.78, 5) is 25.0. The van der Waals surface area contributed by atoms with E-state index in [2.05, 4.69) is 0 Å². The van der Waals surface area contributed by atoms with Crippen LogP contribution in [-0.4, -0.2) is 24.5 Å². The number of Topliss-reactive ketones (excluding diaryl/α,β-unsaturated/α-hetero) is 1. The predicted molar refractivity (Wildman–Crippen MR) is 93.1 cm³/mol. The van der Waals surface area contributed by atoms with Gasteiger partial charge in [-0.25, -0.2) is 9.18 Å². The van der Waals surface area contributed by atoms with Crippen molar-refractivity contribution in [3.8, 4) is 5.75 Å². The number of carbonyl (C=O) groups excluding carboxylic acids is 2. The van der Waals surface area contributed by atoms with E-state index in [1.54, 1.807) is 6.92 Å². The number of carbonyl (C=O) groups is 2. The van der Waals surface area contributed by atoms with Gasteiger partial charge in [-0.1, -0.05) is 0 Å². The van der Waals surface area contributed by atoms with Crippen molar-refractivity contribution in [1.82, 2.24) is 0 Å². The molecular weight excluding hydrogens is 335 g/mol. The molecule has 5 rings (SSSR count). The van der Waals surface area contributed by atoms with Gasteiger partial charge in [0.25, 0.3) is 0 Å². The van der Waals surface area contributed by atoms with Gasteiger partial charge < -0.3 is 9.47 Å². The van der Waals surface area contributed by atoms with Crippen molar-refractivity contribution in [3.63, 3.8) is 0 Å². The lowest BCUT2D eigenvalue weighted by Gasteiger charge is -2.55. The van der Waals surface area contributed by atoms with Crippen molar-refractivity contribution in [2.75, 3.05) is 6.61 Å². The predicted octanol–water partition coefficient (Wildman–Crippen LogP) is 3.92. The number of ketones is 1. The van der Waals surface area contributed by atoms with E-state index >= 15 is 0 Å². The Balaban J connectivity index is 1.31. The molecule has 1 aromatic carbocycles. The zero-order valence-corrected chi connectivity index (χ0v) is 15.1. The molecule has 26 heavy (non-hydrogen) atoms. The number of halogens is 1. The zero-order valence-electron chi connectivity index (χ0n) is 15.1. The largest absolute Gasteiger partial charge is 0.479 e. The average molecular weight is 360 g/mol. The van der Waals surface area contributed by atoms with Crippen LogP contribution in [0.15, 0.2) is 24.3 Å². The van der Waals surface area contributed by atoms with Gasteiger partial charge in [-0.15, -0.1) is 0 Å². The van der Waals surface area contributed by atoms with Gasteiger partial charge in [-0.2, -0.15) is 0 Å². The zero-order chi connectivity index (χ0) is 18.3. The standard InChI is InChI=1S/C21H25FO4/c1-13(26-18-4-2-17(22)3-5-18)20(24)25-12-19(23)21-9-14-6-15(10-21)8-16(7-14)11-21/h2-5,13-16H,6-12H2,1H3/t13-,14?,15?,16?,21?/m0/s1. The average Bonchev–Trinajstić information content (AvgIpc) is 2.60. The molecule has 4 aliphatic rings. The van der Waals surface area contributed by atoms with Gasteiger partial charge >= 0.3 is 5.97 Å². The van der Waals surface area contributed by atoms with Crippen LogP contribution in [0, 0.1) is 29.0 Å². The molecule has 4 bridgehead atoms. The van der Waals surface area contributed by atoms with Crippen LogP contribution in [0.5, 0.6) is 5.75 Å². The van der Waals surface area contributed by atoms with E-state index in [4.69, 9.17) is 9.47 Å². The fourth-order valence-corrected chi connectivity index (χ4v) is 5.62. The molecule has 1 aromatic rings. The molecule has 0 N–H and O–H groups in total. The lowest BCUT2D eigenvalue weighted by molar-refractivity contribution is -0.161. The van der Waals surface area contributed by atoms with Crippen LogP contribution in [-0.2, 0) is 14.3 Å². The molecule has 0 spiro atoms. The van der Waals surface area contributed by atoms with Gasteiger partial charge in [0.2, 0.25) is 0 Å². The van der Waals surface area contributed by atoms with Gasteiger partial charge in [0.15, 0.2) is 18.5 Å². The molecule has 4 fully saturated rings. The maximum Gasteiger partial charge on any atom is 0.347 e. The number of hydrogen-bond acceptors (Lipinski definition) is 4. The molecule has 0 aromatic heterocycles. The van der Waals surface area contributed by atoms with E-state index in [1.165, 1.54) is 43.5 Å². The molecule has 0 radical (unpaired) electrons. The van der Waals surface area contributed by atoms with Crippen molar-refractivity contribution in [2.45, 2.75) is 51.6 Å². The lowest BCUT2D eigenvalue weighted by Crippen LogP contribution is -2.51. The van der Waals surface area contributed by atoms with Crippen molar-refractivity contribution < 1.29 is 23.5 Å². The van der Waals surface area contributed by atoms with Crippen LogP contribution in [0.3, 0.4) is 0 Å². The van der Waals surface area contributed by atoms with E-state index in [1.807, 2.05) is 0 Å². The maximum absolute atomic E-state index is 12.9. The maximum atomic E-state index is 12.9. The number of rotatable bonds is 6. The minimum absolute atomic E-state index is 0.0823. The third-order valence-corrected chi connectivity index (χ3v) is 6.43. The van der Waals surface area contributed by atoms with E-state index in [9.17, 15) is 14.0 Å². The van der Waals surface area contributed by atoms with Gasteiger partial charge in [0.1, 0.15) is 11.6 Å². The molecule has 140 valence electrons. The summed E-state index contributed by atoms with van der Waals surface area (Å²) in [5, 5.41) is 0. The van der Waals surface area contributed by atoms with Gasteiger partial charge in [-0.3, -0.25) is 4.79 Å². The fraction of sp³-hybridized carbons (Fsp3) is 0.619. The summed E-state index contributed by atoms with van der Waals surface area (Å²) < 4.78 is 23.6. The Bertz CT molecular complexity index is 661. The van der Waals surface area contributed by atoms with E-state index in [0.29, 0.717) is 23.5 Å². The summed E-state index contributed by atoms with van der Waals surface area (Å²) in [6, 6.07) is 5.45. The van der Waals surface area contributed by atoms with E-state index in [-0.39, 0.29) is 23.6 Å². The first-order chi connectivity index (χ1) is 12.4. The number of benzene rings is 1. The van der Waals surface area contributed by atoms with Crippen LogP contribution in [0.1, 0.15) is 45.4 Å². The summed E-state index contributed by atoms with van der Waals surface area (Å²) in [5.74, 6) is 1.59. The molecule has 4 saturated carbocycles. The first kappa shape index (κ1) is 17.5.